The van der Waals surface area contributed by atoms with Gasteiger partial charge in [0.1, 0.15) is 0 Å². The molecule has 3 rings (SSSR count). The summed E-state index contributed by atoms with van der Waals surface area (Å²) in [6, 6.07) is 17.7. The van der Waals surface area contributed by atoms with Gasteiger partial charge in [-0.1, -0.05) is 18.2 Å². The third-order valence-electron chi connectivity index (χ3n) is 5.10. The van der Waals surface area contributed by atoms with Gasteiger partial charge >= 0.3 is 6.18 Å². The number of carbonyl (C=O) groups is 2. The van der Waals surface area contributed by atoms with Crippen molar-refractivity contribution in [3.8, 4) is 0 Å². The zero-order valence-electron chi connectivity index (χ0n) is 18.3. The standard InChI is InChI=1S/C26H23F3N2O3/c1-31(16-17-32)23-13-2-18(3-14-23)4-15-24(33)19-7-11-22(12-8-19)30-25(34)20-5-9-21(10-6-20)26(27,28)29/h2-15,32H,16-17H2,1H3,(H,30,34)/b15-4+. The van der Waals surface area contributed by atoms with Gasteiger partial charge in [0.2, 0.25) is 0 Å². The normalized spacial score (nSPS) is 11.4. The fraction of sp³-hybridized carbons (Fsp3) is 0.154. The van der Waals surface area contributed by atoms with Crippen LogP contribution < -0.4 is 10.2 Å². The molecule has 5 nitrogen and oxygen atoms in total. The van der Waals surface area contributed by atoms with Crippen molar-refractivity contribution in [1.82, 2.24) is 0 Å². The van der Waals surface area contributed by atoms with Gasteiger partial charge in [-0.25, -0.2) is 0 Å². The summed E-state index contributed by atoms with van der Waals surface area (Å²) in [4.78, 5) is 26.6. The Morgan fingerprint density at radius 1 is 0.912 bits per heavy atom. The number of aliphatic hydroxyl groups excluding tert-OH is 1. The van der Waals surface area contributed by atoms with Gasteiger partial charge in [0.15, 0.2) is 5.78 Å². The number of amides is 1. The molecule has 0 radical (unpaired) electrons. The average Bonchev–Trinajstić information content (AvgIpc) is 2.83. The van der Waals surface area contributed by atoms with Gasteiger partial charge in [-0.3, -0.25) is 9.59 Å². The van der Waals surface area contributed by atoms with Crippen LogP contribution in [0.25, 0.3) is 6.08 Å². The lowest BCUT2D eigenvalue weighted by atomic mass is 10.1. The number of likely N-dealkylation sites (N-methyl/N-ethyl adjacent to an activating group) is 1. The molecule has 0 aliphatic rings. The fourth-order valence-corrected chi connectivity index (χ4v) is 3.12. The minimum absolute atomic E-state index is 0.0597. The monoisotopic (exact) mass is 468 g/mol. The second-order valence-electron chi connectivity index (χ2n) is 7.54. The molecule has 0 aliphatic heterocycles. The number of allylic oxidation sites excluding steroid dienone is 1. The lowest BCUT2D eigenvalue weighted by molar-refractivity contribution is -0.137. The molecule has 2 N–H and O–H groups in total. The summed E-state index contributed by atoms with van der Waals surface area (Å²) in [6.07, 6.45) is -1.33. The first kappa shape index (κ1) is 24.7. The highest BCUT2D eigenvalue weighted by molar-refractivity contribution is 6.08. The van der Waals surface area contributed by atoms with Crippen LogP contribution in [-0.4, -0.2) is 37.0 Å². The van der Waals surface area contributed by atoms with Gasteiger partial charge in [0.25, 0.3) is 5.91 Å². The first-order chi connectivity index (χ1) is 16.2. The van der Waals surface area contributed by atoms with Crippen LogP contribution in [-0.2, 0) is 6.18 Å². The SMILES string of the molecule is CN(CCO)c1ccc(/C=C/C(=O)c2ccc(NC(=O)c3ccc(C(F)(F)F)cc3)cc2)cc1. The van der Waals surface area contributed by atoms with Crippen molar-refractivity contribution >= 4 is 29.1 Å². The van der Waals surface area contributed by atoms with E-state index in [4.69, 9.17) is 5.11 Å². The van der Waals surface area contributed by atoms with Crippen molar-refractivity contribution in [1.29, 1.82) is 0 Å². The lowest BCUT2D eigenvalue weighted by Gasteiger charge is -2.17. The average molecular weight is 468 g/mol. The molecular weight excluding hydrogens is 445 g/mol. The van der Waals surface area contributed by atoms with Crippen molar-refractivity contribution in [2.75, 3.05) is 30.4 Å². The number of benzene rings is 3. The first-order valence-electron chi connectivity index (χ1n) is 10.4. The molecular formula is C26H23F3N2O3. The van der Waals surface area contributed by atoms with Gasteiger partial charge in [-0.2, -0.15) is 13.2 Å². The van der Waals surface area contributed by atoms with E-state index in [2.05, 4.69) is 5.32 Å². The summed E-state index contributed by atoms with van der Waals surface area (Å²) in [5.74, 6) is -0.775. The van der Waals surface area contributed by atoms with Gasteiger partial charge in [0.05, 0.1) is 12.2 Å². The molecule has 176 valence electrons. The maximum absolute atomic E-state index is 12.7. The first-order valence-corrected chi connectivity index (χ1v) is 10.4. The number of nitrogens with one attached hydrogen (secondary N) is 1. The Morgan fingerprint density at radius 3 is 2.06 bits per heavy atom. The van der Waals surface area contributed by atoms with E-state index in [0.717, 1.165) is 35.5 Å². The summed E-state index contributed by atoms with van der Waals surface area (Å²) in [7, 11) is 1.88. The Bertz CT molecular complexity index is 1150. The van der Waals surface area contributed by atoms with Crippen LogP contribution >= 0.6 is 0 Å². The van der Waals surface area contributed by atoms with Crippen molar-refractivity contribution in [2.24, 2.45) is 0 Å². The molecule has 0 atom stereocenters. The molecule has 0 heterocycles. The molecule has 0 bridgehead atoms. The Kier molecular flexibility index (Phi) is 7.86. The Hall–Kier alpha value is -3.91. The predicted octanol–water partition coefficient (Wildman–Crippen LogP) is 5.28. The number of carbonyl (C=O) groups excluding carboxylic acids is 2. The minimum Gasteiger partial charge on any atom is -0.395 e. The molecule has 3 aromatic carbocycles. The highest BCUT2D eigenvalue weighted by atomic mass is 19.4. The van der Waals surface area contributed by atoms with E-state index in [1.807, 2.05) is 36.2 Å². The van der Waals surface area contributed by atoms with Gasteiger partial charge in [-0.15, -0.1) is 0 Å². The van der Waals surface area contributed by atoms with E-state index in [-0.39, 0.29) is 18.0 Å². The van der Waals surface area contributed by atoms with E-state index in [1.165, 1.54) is 6.08 Å². The minimum atomic E-state index is -4.47. The molecule has 8 heteroatoms. The number of ketones is 1. The molecule has 0 spiro atoms. The predicted molar refractivity (Wildman–Crippen MR) is 126 cm³/mol. The maximum Gasteiger partial charge on any atom is 0.416 e. The van der Waals surface area contributed by atoms with E-state index >= 15 is 0 Å². The summed E-state index contributed by atoms with van der Waals surface area (Å²) in [6.45, 7) is 0.582. The summed E-state index contributed by atoms with van der Waals surface area (Å²) in [5.41, 5.74) is 1.88. The third-order valence-corrected chi connectivity index (χ3v) is 5.10. The van der Waals surface area contributed by atoms with Crippen LogP contribution in [0, 0.1) is 0 Å². The van der Waals surface area contributed by atoms with Crippen LogP contribution in [0.15, 0.2) is 78.9 Å². The van der Waals surface area contributed by atoms with Crippen LogP contribution in [0.2, 0.25) is 0 Å². The summed E-state index contributed by atoms with van der Waals surface area (Å²) < 4.78 is 38.0. The van der Waals surface area contributed by atoms with E-state index in [9.17, 15) is 22.8 Å². The Morgan fingerprint density at radius 2 is 1.50 bits per heavy atom. The van der Waals surface area contributed by atoms with Crippen molar-refractivity contribution < 1.29 is 27.9 Å². The molecule has 0 saturated heterocycles. The second kappa shape index (κ2) is 10.8. The van der Waals surface area contributed by atoms with E-state index in [1.54, 1.807) is 30.3 Å². The molecule has 3 aromatic rings. The number of aliphatic hydroxyl groups is 1. The van der Waals surface area contributed by atoms with Crippen LogP contribution in [0.1, 0.15) is 31.8 Å². The number of hydrogen-bond donors (Lipinski definition) is 2. The van der Waals surface area contributed by atoms with Crippen molar-refractivity contribution in [3.63, 3.8) is 0 Å². The number of hydrogen-bond acceptors (Lipinski definition) is 4. The van der Waals surface area contributed by atoms with Crippen molar-refractivity contribution in [3.05, 3.63) is 101 Å². The molecule has 34 heavy (non-hydrogen) atoms. The lowest BCUT2D eigenvalue weighted by Crippen LogP contribution is -2.20. The zero-order chi connectivity index (χ0) is 24.7. The zero-order valence-corrected chi connectivity index (χ0v) is 18.3. The van der Waals surface area contributed by atoms with Crippen LogP contribution in [0.3, 0.4) is 0 Å². The number of anilines is 2. The van der Waals surface area contributed by atoms with Crippen molar-refractivity contribution in [2.45, 2.75) is 6.18 Å². The molecule has 0 fully saturated rings. The van der Waals surface area contributed by atoms with Crippen LogP contribution in [0.4, 0.5) is 24.5 Å². The molecule has 0 aliphatic carbocycles. The summed E-state index contributed by atoms with van der Waals surface area (Å²) >= 11 is 0. The highest BCUT2D eigenvalue weighted by Gasteiger charge is 2.30. The highest BCUT2D eigenvalue weighted by Crippen LogP contribution is 2.29. The molecule has 0 aromatic heterocycles. The Balaban J connectivity index is 1.59. The third kappa shape index (κ3) is 6.55. The topological polar surface area (TPSA) is 69.6 Å². The van der Waals surface area contributed by atoms with E-state index < -0.39 is 17.6 Å². The number of halogens is 3. The van der Waals surface area contributed by atoms with E-state index in [0.29, 0.717) is 17.8 Å². The quantitative estimate of drug-likeness (QED) is 0.349. The Labute approximate surface area is 195 Å². The number of alkyl halides is 3. The van der Waals surface area contributed by atoms with Gasteiger partial charge in [-0.05, 0) is 72.3 Å². The maximum atomic E-state index is 12.7. The smallest absolute Gasteiger partial charge is 0.395 e. The summed E-state index contributed by atoms with van der Waals surface area (Å²) in [5, 5.41) is 11.6. The van der Waals surface area contributed by atoms with Gasteiger partial charge in [0, 0.05) is 36.1 Å². The molecule has 0 saturated carbocycles. The number of rotatable bonds is 8. The molecule has 1 amide bonds. The van der Waals surface area contributed by atoms with Gasteiger partial charge < -0.3 is 15.3 Å². The second-order valence-corrected chi connectivity index (χ2v) is 7.54. The molecule has 0 unspecified atom stereocenters. The van der Waals surface area contributed by atoms with Crippen LogP contribution in [0.5, 0.6) is 0 Å². The number of nitrogens with zero attached hydrogens (tertiary/aromatic N) is 1. The fourth-order valence-electron chi connectivity index (χ4n) is 3.12. The largest absolute Gasteiger partial charge is 0.416 e.